The Morgan fingerprint density at radius 2 is 1.96 bits per heavy atom. The van der Waals surface area contributed by atoms with Crippen LogP contribution in [0.15, 0.2) is 54.6 Å². The Morgan fingerprint density at radius 1 is 1.18 bits per heavy atom. The SMILES string of the molecule is N#Cc1cccc(C(CCN2CCC3(C=Cc4ccccc43)CC2)C(=O)O)c1. The van der Waals surface area contributed by atoms with Crippen LogP contribution in [0.5, 0.6) is 0 Å². The van der Waals surface area contributed by atoms with Gasteiger partial charge in [-0.05, 0) is 67.7 Å². The molecule has 4 heteroatoms. The van der Waals surface area contributed by atoms with Crippen LogP contribution in [-0.2, 0) is 10.2 Å². The van der Waals surface area contributed by atoms with Crippen LogP contribution in [-0.4, -0.2) is 35.6 Å². The number of aliphatic carboxylic acids is 1. The van der Waals surface area contributed by atoms with E-state index in [1.54, 1.807) is 18.2 Å². The molecule has 0 amide bonds. The summed E-state index contributed by atoms with van der Waals surface area (Å²) in [4.78, 5) is 14.2. The molecule has 1 heterocycles. The average molecular weight is 372 g/mol. The molecule has 1 aliphatic heterocycles. The summed E-state index contributed by atoms with van der Waals surface area (Å²) in [5, 5.41) is 18.8. The van der Waals surface area contributed by atoms with Gasteiger partial charge in [0.05, 0.1) is 17.6 Å². The second-order valence-corrected chi connectivity index (χ2v) is 7.84. The minimum Gasteiger partial charge on any atom is -0.481 e. The molecule has 0 radical (unpaired) electrons. The van der Waals surface area contributed by atoms with Gasteiger partial charge < -0.3 is 10.0 Å². The van der Waals surface area contributed by atoms with Crippen LogP contribution in [0.1, 0.15) is 47.4 Å². The predicted molar refractivity (Wildman–Crippen MR) is 109 cm³/mol. The molecule has 142 valence electrons. The van der Waals surface area contributed by atoms with Crippen LogP contribution in [0.25, 0.3) is 6.08 Å². The Labute approximate surface area is 165 Å². The summed E-state index contributed by atoms with van der Waals surface area (Å²) >= 11 is 0. The van der Waals surface area contributed by atoms with Crippen molar-refractivity contribution in [2.75, 3.05) is 19.6 Å². The predicted octanol–water partition coefficient (Wildman–Crippen LogP) is 4.18. The second kappa shape index (κ2) is 7.61. The molecular formula is C24H24N2O2. The lowest BCUT2D eigenvalue weighted by Gasteiger charge is -2.39. The zero-order chi connectivity index (χ0) is 19.6. The third kappa shape index (κ3) is 3.46. The highest BCUT2D eigenvalue weighted by Gasteiger charge is 2.37. The van der Waals surface area contributed by atoms with Gasteiger partial charge in [0.2, 0.25) is 0 Å². The van der Waals surface area contributed by atoms with E-state index < -0.39 is 11.9 Å². The molecule has 1 fully saturated rings. The zero-order valence-corrected chi connectivity index (χ0v) is 15.8. The van der Waals surface area contributed by atoms with E-state index in [9.17, 15) is 9.90 Å². The van der Waals surface area contributed by atoms with Crippen molar-refractivity contribution in [3.05, 3.63) is 76.9 Å². The van der Waals surface area contributed by atoms with Crippen LogP contribution < -0.4 is 0 Å². The van der Waals surface area contributed by atoms with Gasteiger partial charge in [-0.2, -0.15) is 5.26 Å². The molecule has 28 heavy (non-hydrogen) atoms. The lowest BCUT2D eigenvalue weighted by Crippen LogP contribution is -2.41. The van der Waals surface area contributed by atoms with E-state index in [0.717, 1.165) is 32.5 Å². The number of hydrogen-bond acceptors (Lipinski definition) is 3. The summed E-state index contributed by atoms with van der Waals surface area (Å²) in [6, 6.07) is 17.7. The molecule has 2 aliphatic rings. The van der Waals surface area contributed by atoms with E-state index >= 15 is 0 Å². The van der Waals surface area contributed by atoms with Gasteiger partial charge >= 0.3 is 5.97 Å². The number of benzene rings is 2. The number of nitriles is 1. The van der Waals surface area contributed by atoms with Crippen LogP contribution in [0.3, 0.4) is 0 Å². The highest BCUT2D eigenvalue weighted by molar-refractivity contribution is 5.76. The topological polar surface area (TPSA) is 64.3 Å². The van der Waals surface area contributed by atoms with E-state index in [4.69, 9.17) is 5.26 Å². The molecule has 4 nitrogen and oxygen atoms in total. The summed E-state index contributed by atoms with van der Waals surface area (Å²) in [6.45, 7) is 2.71. The first-order valence-electron chi connectivity index (χ1n) is 9.85. The van der Waals surface area contributed by atoms with Crippen molar-refractivity contribution in [3.63, 3.8) is 0 Å². The Bertz CT molecular complexity index is 949. The van der Waals surface area contributed by atoms with Crippen molar-refractivity contribution < 1.29 is 9.90 Å². The number of carboxylic acid groups (broad SMARTS) is 1. The minimum absolute atomic E-state index is 0.153. The number of hydrogen-bond donors (Lipinski definition) is 1. The van der Waals surface area contributed by atoms with E-state index in [0.29, 0.717) is 17.5 Å². The zero-order valence-electron chi connectivity index (χ0n) is 15.8. The lowest BCUT2D eigenvalue weighted by molar-refractivity contribution is -0.139. The van der Waals surface area contributed by atoms with E-state index in [-0.39, 0.29) is 5.41 Å². The number of fused-ring (bicyclic) bond motifs is 2. The van der Waals surface area contributed by atoms with Crippen LogP contribution in [0.2, 0.25) is 0 Å². The second-order valence-electron chi connectivity index (χ2n) is 7.84. The van der Waals surface area contributed by atoms with Crippen molar-refractivity contribution in [3.8, 4) is 6.07 Å². The quantitative estimate of drug-likeness (QED) is 0.855. The molecule has 1 aliphatic carbocycles. The standard InChI is InChI=1S/C24H24N2O2/c25-17-18-4-3-6-20(16-18)21(23(27)28)9-13-26-14-11-24(12-15-26)10-8-19-5-1-2-7-22(19)24/h1-8,10,16,21H,9,11-15H2,(H,27,28). The Balaban J connectivity index is 1.39. The van der Waals surface area contributed by atoms with Crippen molar-refractivity contribution in [2.45, 2.75) is 30.6 Å². The molecule has 2 aromatic rings. The van der Waals surface area contributed by atoms with Crippen molar-refractivity contribution in [2.24, 2.45) is 0 Å². The van der Waals surface area contributed by atoms with Crippen molar-refractivity contribution in [1.82, 2.24) is 4.90 Å². The highest BCUT2D eigenvalue weighted by Crippen LogP contribution is 2.43. The fraction of sp³-hybridized carbons (Fsp3) is 0.333. The average Bonchev–Trinajstić information content (AvgIpc) is 3.08. The summed E-state index contributed by atoms with van der Waals surface area (Å²) < 4.78 is 0. The maximum atomic E-state index is 11.8. The third-order valence-corrected chi connectivity index (χ3v) is 6.28. The first-order valence-corrected chi connectivity index (χ1v) is 9.85. The number of piperidine rings is 1. The molecule has 1 saturated heterocycles. The van der Waals surface area contributed by atoms with E-state index in [1.165, 1.54) is 11.1 Å². The van der Waals surface area contributed by atoms with Gasteiger partial charge in [-0.25, -0.2) is 0 Å². The van der Waals surface area contributed by atoms with Gasteiger partial charge in [-0.3, -0.25) is 4.79 Å². The summed E-state index contributed by atoms with van der Waals surface area (Å²) in [6.07, 6.45) is 7.31. The molecule has 0 aromatic heterocycles. The van der Waals surface area contributed by atoms with Crippen molar-refractivity contribution in [1.29, 1.82) is 5.26 Å². The first-order chi connectivity index (χ1) is 13.6. The molecule has 0 bridgehead atoms. The summed E-state index contributed by atoms with van der Waals surface area (Å²) in [5.74, 6) is -1.40. The molecule has 1 spiro atoms. The van der Waals surface area contributed by atoms with E-state index in [2.05, 4.69) is 47.4 Å². The molecule has 2 aromatic carbocycles. The van der Waals surface area contributed by atoms with Gasteiger partial charge in [0.25, 0.3) is 0 Å². The number of likely N-dealkylation sites (tertiary alicyclic amines) is 1. The monoisotopic (exact) mass is 372 g/mol. The number of allylic oxidation sites excluding steroid dienone is 1. The molecule has 1 atom stereocenters. The molecule has 0 saturated carbocycles. The molecule has 4 rings (SSSR count). The molecule has 1 N–H and O–H groups in total. The third-order valence-electron chi connectivity index (χ3n) is 6.28. The first kappa shape index (κ1) is 18.5. The number of nitrogens with zero attached hydrogens (tertiary/aromatic N) is 2. The normalized spacial score (nSPS) is 18.5. The lowest BCUT2D eigenvalue weighted by atomic mass is 9.74. The van der Waals surface area contributed by atoms with Gasteiger partial charge in [0.1, 0.15) is 0 Å². The maximum Gasteiger partial charge on any atom is 0.311 e. The highest BCUT2D eigenvalue weighted by atomic mass is 16.4. The number of carbonyl (C=O) groups is 1. The summed E-state index contributed by atoms with van der Waals surface area (Å²) in [7, 11) is 0. The van der Waals surface area contributed by atoms with Crippen LogP contribution >= 0.6 is 0 Å². The molecular weight excluding hydrogens is 348 g/mol. The smallest absolute Gasteiger partial charge is 0.311 e. The minimum atomic E-state index is -0.823. The van der Waals surface area contributed by atoms with Gasteiger partial charge in [0, 0.05) is 5.41 Å². The number of carboxylic acids is 1. The fourth-order valence-electron chi connectivity index (χ4n) is 4.62. The Morgan fingerprint density at radius 3 is 2.71 bits per heavy atom. The van der Waals surface area contributed by atoms with Crippen LogP contribution in [0.4, 0.5) is 0 Å². The van der Waals surface area contributed by atoms with Gasteiger partial charge in [0.15, 0.2) is 0 Å². The summed E-state index contributed by atoms with van der Waals surface area (Å²) in [5.41, 5.74) is 4.15. The van der Waals surface area contributed by atoms with Crippen LogP contribution in [0, 0.1) is 11.3 Å². The van der Waals surface area contributed by atoms with E-state index in [1.807, 2.05) is 6.07 Å². The Hall–Kier alpha value is -2.90. The number of rotatable bonds is 5. The largest absolute Gasteiger partial charge is 0.481 e. The van der Waals surface area contributed by atoms with Gasteiger partial charge in [-0.1, -0.05) is 48.6 Å². The fourth-order valence-corrected chi connectivity index (χ4v) is 4.62. The Kier molecular flexibility index (Phi) is 5.02. The van der Waals surface area contributed by atoms with Crippen molar-refractivity contribution >= 4 is 12.0 Å². The van der Waals surface area contributed by atoms with Gasteiger partial charge in [-0.15, -0.1) is 0 Å². The molecule has 1 unspecified atom stereocenters. The maximum absolute atomic E-state index is 11.8.